The van der Waals surface area contributed by atoms with Crippen LogP contribution in [0.25, 0.3) is 0 Å². The molecule has 2 amide bonds. The second kappa shape index (κ2) is 6.16. The van der Waals surface area contributed by atoms with E-state index in [4.69, 9.17) is 0 Å². The summed E-state index contributed by atoms with van der Waals surface area (Å²) >= 11 is 0. The van der Waals surface area contributed by atoms with Gasteiger partial charge < -0.3 is 15.3 Å². The van der Waals surface area contributed by atoms with Gasteiger partial charge in [0.05, 0.1) is 11.3 Å². The number of likely N-dealkylation sites (tertiary alicyclic amines) is 1. The highest BCUT2D eigenvalue weighted by atomic mass is 16.4. The van der Waals surface area contributed by atoms with Gasteiger partial charge in [0.2, 0.25) is 0 Å². The minimum Gasteiger partial charge on any atom is -0.478 e. The fourth-order valence-electron chi connectivity index (χ4n) is 2.84. The van der Waals surface area contributed by atoms with Gasteiger partial charge >= 0.3 is 12.0 Å². The first-order valence-corrected chi connectivity index (χ1v) is 7.32. The zero-order valence-corrected chi connectivity index (χ0v) is 12.8. The second-order valence-corrected chi connectivity index (χ2v) is 5.75. The lowest BCUT2D eigenvalue weighted by Gasteiger charge is -2.19. The highest BCUT2D eigenvalue weighted by molar-refractivity contribution is 6.01. The van der Waals surface area contributed by atoms with Crippen LogP contribution in [-0.2, 0) is 0 Å². The molecule has 5 heteroatoms. The largest absolute Gasteiger partial charge is 0.478 e. The fourth-order valence-corrected chi connectivity index (χ4v) is 2.84. The first-order valence-electron chi connectivity index (χ1n) is 7.32. The van der Waals surface area contributed by atoms with Crippen molar-refractivity contribution in [1.29, 1.82) is 0 Å². The average molecular weight is 290 g/mol. The van der Waals surface area contributed by atoms with Crippen molar-refractivity contribution in [2.24, 2.45) is 5.92 Å². The normalized spacial score (nSPS) is 17.9. The smallest absolute Gasteiger partial charge is 0.337 e. The van der Waals surface area contributed by atoms with Crippen LogP contribution in [0.15, 0.2) is 12.1 Å². The van der Waals surface area contributed by atoms with E-state index in [2.05, 4.69) is 12.2 Å². The molecule has 0 spiro atoms. The molecule has 1 aliphatic heterocycles. The Bertz CT molecular complexity index is 569. The number of amides is 2. The molecular weight excluding hydrogens is 268 g/mol. The van der Waals surface area contributed by atoms with E-state index in [1.54, 1.807) is 11.0 Å². The van der Waals surface area contributed by atoms with E-state index >= 15 is 0 Å². The Balaban J connectivity index is 2.19. The van der Waals surface area contributed by atoms with Crippen molar-refractivity contribution in [2.75, 3.05) is 18.4 Å². The maximum Gasteiger partial charge on any atom is 0.337 e. The van der Waals surface area contributed by atoms with Crippen LogP contribution in [0.4, 0.5) is 10.5 Å². The SMILES string of the molecule is CCC1CCN(C(=O)Nc2c(C)cc(C)cc2C(=O)O)C1. The second-order valence-electron chi connectivity index (χ2n) is 5.75. The van der Waals surface area contributed by atoms with Crippen LogP contribution < -0.4 is 5.32 Å². The summed E-state index contributed by atoms with van der Waals surface area (Å²) in [6.07, 6.45) is 2.08. The maximum absolute atomic E-state index is 12.3. The standard InChI is InChI=1S/C16H22N2O3/c1-4-12-5-6-18(9-12)16(21)17-14-11(3)7-10(2)8-13(14)15(19)20/h7-8,12H,4-6,9H2,1-3H3,(H,17,21)(H,19,20). The summed E-state index contributed by atoms with van der Waals surface area (Å²) in [6, 6.07) is 3.25. The van der Waals surface area contributed by atoms with Crippen LogP contribution >= 0.6 is 0 Å². The van der Waals surface area contributed by atoms with Crippen molar-refractivity contribution in [3.05, 3.63) is 28.8 Å². The van der Waals surface area contributed by atoms with E-state index < -0.39 is 5.97 Å². The summed E-state index contributed by atoms with van der Waals surface area (Å²) in [5.74, 6) is -0.473. The maximum atomic E-state index is 12.3. The number of rotatable bonds is 3. The molecule has 0 saturated carbocycles. The predicted octanol–water partition coefficient (Wildman–Crippen LogP) is 3.27. The van der Waals surface area contributed by atoms with Gasteiger partial charge in [-0.2, -0.15) is 0 Å². The van der Waals surface area contributed by atoms with E-state index in [9.17, 15) is 14.7 Å². The molecule has 114 valence electrons. The zero-order valence-electron chi connectivity index (χ0n) is 12.8. The van der Waals surface area contributed by atoms with Gasteiger partial charge in [-0.1, -0.05) is 19.4 Å². The van der Waals surface area contributed by atoms with Gasteiger partial charge in [0, 0.05) is 13.1 Å². The summed E-state index contributed by atoms with van der Waals surface area (Å²) < 4.78 is 0. The first-order chi connectivity index (χ1) is 9.92. The Labute approximate surface area is 125 Å². The Kier molecular flexibility index (Phi) is 4.50. The van der Waals surface area contributed by atoms with Crippen LogP contribution in [-0.4, -0.2) is 35.1 Å². The quantitative estimate of drug-likeness (QED) is 0.897. The van der Waals surface area contributed by atoms with Gasteiger partial charge in [0.15, 0.2) is 0 Å². The summed E-state index contributed by atoms with van der Waals surface area (Å²) in [4.78, 5) is 25.4. The van der Waals surface area contributed by atoms with Crippen LogP contribution in [0, 0.1) is 19.8 Å². The molecule has 0 aromatic heterocycles. The number of hydrogen-bond acceptors (Lipinski definition) is 2. The average Bonchev–Trinajstić information content (AvgIpc) is 2.90. The number of benzene rings is 1. The minimum atomic E-state index is -1.02. The molecule has 1 fully saturated rings. The molecule has 0 aliphatic carbocycles. The molecule has 2 N–H and O–H groups in total. The molecule has 21 heavy (non-hydrogen) atoms. The molecule has 2 rings (SSSR count). The summed E-state index contributed by atoms with van der Waals surface area (Å²) in [7, 11) is 0. The third-order valence-electron chi connectivity index (χ3n) is 4.09. The molecular formula is C16H22N2O3. The Morgan fingerprint density at radius 1 is 1.38 bits per heavy atom. The molecule has 0 bridgehead atoms. The molecule has 1 aliphatic rings. The summed E-state index contributed by atoms with van der Waals surface area (Å²) in [5, 5.41) is 12.1. The number of carboxylic acid groups (broad SMARTS) is 1. The number of aryl methyl sites for hydroxylation is 2. The molecule has 1 heterocycles. The van der Waals surface area contributed by atoms with E-state index in [1.165, 1.54) is 0 Å². The molecule has 1 aromatic rings. The summed E-state index contributed by atoms with van der Waals surface area (Å²) in [6.45, 7) is 7.26. The third-order valence-corrected chi connectivity index (χ3v) is 4.09. The highest BCUT2D eigenvalue weighted by Gasteiger charge is 2.26. The number of nitrogens with one attached hydrogen (secondary N) is 1. The highest BCUT2D eigenvalue weighted by Crippen LogP contribution is 2.25. The molecule has 1 aromatic carbocycles. The number of nitrogens with zero attached hydrogens (tertiary/aromatic N) is 1. The number of anilines is 1. The number of carbonyl (C=O) groups is 2. The fraction of sp³-hybridized carbons (Fsp3) is 0.500. The van der Waals surface area contributed by atoms with Gasteiger partial charge in [0.25, 0.3) is 0 Å². The van der Waals surface area contributed by atoms with E-state index in [0.29, 0.717) is 11.6 Å². The number of aromatic carboxylic acids is 1. The molecule has 1 saturated heterocycles. The van der Waals surface area contributed by atoms with Crippen molar-refractivity contribution < 1.29 is 14.7 Å². The van der Waals surface area contributed by atoms with Gasteiger partial charge in [0.1, 0.15) is 0 Å². The Morgan fingerprint density at radius 2 is 2.10 bits per heavy atom. The monoisotopic (exact) mass is 290 g/mol. The van der Waals surface area contributed by atoms with Crippen molar-refractivity contribution in [1.82, 2.24) is 4.90 Å². The van der Waals surface area contributed by atoms with Crippen LogP contribution in [0.2, 0.25) is 0 Å². The molecule has 1 unspecified atom stereocenters. The Hall–Kier alpha value is -2.04. The number of carboxylic acids is 1. The zero-order chi connectivity index (χ0) is 15.6. The van der Waals surface area contributed by atoms with Crippen LogP contribution in [0.1, 0.15) is 41.3 Å². The Morgan fingerprint density at radius 3 is 2.67 bits per heavy atom. The first kappa shape index (κ1) is 15.4. The third kappa shape index (κ3) is 3.35. The number of urea groups is 1. The topological polar surface area (TPSA) is 69.6 Å². The molecule has 0 radical (unpaired) electrons. The van der Waals surface area contributed by atoms with Gasteiger partial charge in [-0.25, -0.2) is 9.59 Å². The summed E-state index contributed by atoms with van der Waals surface area (Å²) in [5.41, 5.74) is 2.19. The van der Waals surface area contributed by atoms with Crippen molar-refractivity contribution in [3.63, 3.8) is 0 Å². The van der Waals surface area contributed by atoms with Crippen molar-refractivity contribution in [2.45, 2.75) is 33.6 Å². The number of hydrogen-bond donors (Lipinski definition) is 2. The lowest BCUT2D eigenvalue weighted by atomic mass is 10.0. The van der Waals surface area contributed by atoms with Gasteiger partial charge in [-0.05, 0) is 43.4 Å². The van der Waals surface area contributed by atoms with E-state index in [-0.39, 0.29) is 11.6 Å². The lowest BCUT2D eigenvalue weighted by Crippen LogP contribution is -2.33. The van der Waals surface area contributed by atoms with Crippen LogP contribution in [0.5, 0.6) is 0 Å². The van der Waals surface area contributed by atoms with Crippen molar-refractivity contribution >= 4 is 17.7 Å². The van der Waals surface area contributed by atoms with Crippen molar-refractivity contribution in [3.8, 4) is 0 Å². The minimum absolute atomic E-state index is 0.145. The lowest BCUT2D eigenvalue weighted by molar-refractivity contribution is 0.0698. The van der Waals surface area contributed by atoms with E-state index in [1.807, 2.05) is 19.9 Å². The van der Waals surface area contributed by atoms with Crippen LogP contribution in [0.3, 0.4) is 0 Å². The predicted molar refractivity (Wildman–Crippen MR) is 81.9 cm³/mol. The van der Waals surface area contributed by atoms with Gasteiger partial charge in [-0.3, -0.25) is 0 Å². The van der Waals surface area contributed by atoms with Gasteiger partial charge in [-0.15, -0.1) is 0 Å². The molecule has 5 nitrogen and oxygen atoms in total. The van der Waals surface area contributed by atoms with E-state index in [0.717, 1.165) is 37.1 Å². The number of carbonyl (C=O) groups excluding carboxylic acids is 1. The molecule has 1 atom stereocenters.